The zero-order valence-electron chi connectivity index (χ0n) is 14.6. The quantitative estimate of drug-likeness (QED) is 0.779. The van der Waals surface area contributed by atoms with Gasteiger partial charge in [-0.3, -0.25) is 4.90 Å². The van der Waals surface area contributed by atoms with E-state index in [1.54, 1.807) is 7.11 Å². The second-order valence-corrected chi connectivity index (χ2v) is 6.79. The molecule has 2 aromatic carbocycles. The molecule has 1 aliphatic rings. The minimum atomic E-state index is 0.416. The van der Waals surface area contributed by atoms with E-state index in [-0.39, 0.29) is 0 Å². The Balaban J connectivity index is 1.39. The topological polar surface area (TPSA) is 36.5 Å². The predicted molar refractivity (Wildman–Crippen MR) is 106 cm³/mol. The molecule has 4 nitrogen and oxygen atoms in total. The zero-order valence-corrected chi connectivity index (χ0v) is 15.4. The average Bonchev–Trinajstić information content (AvgIpc) is 3.08. The third-order valence-corrected chi connectivity index (χ3v) is 4.73. The number of thiocarbonyl (C=S) groups is 1. The van der Waals surface area contributed by atoms with Gasteiger partial charge in [0, 0.05) is 32.2 Å². The van der Waals surface area contributed by atoms with Crippen molar-refractivity contribution in [3.8, 4) is 5.75 Å². The molecule has 1 aliphatic heterocycles. The van der Waals surface area contributed by atoms with Crippen molar-refractivity contribution in [2.24, 2.45) is 0 Å². The number of nitrogens with one attached hydrogen (secondary N) is 2. The molecule has 0 amide bonds. The Bertz CT molecular complexity index is 675. The summed E-state index contributed by atoms with van der Waals surface area (Å²) in [6.07, 6.45) is 1.12. The van der Waals surface area contributed by atoms with E-state index in [1.807, 2.05) is 24.3 Å². The Morgan fingerprint density at radius 3 is 2.60 bits per heavy atom. The molecular formula is C20H25N3OS. The summed E-state index contributed by atoms with van der Waals surface area (Å²) >= 11 is 5.44. The Hall–Kier alpha value is -2.11. The van der Waals surface area contributed by atoms with Crippen LogP contribution in [0.5, 0.6) is 5.75 Å². The van der Waals surface area contributed by atoms with Crippen molar-refractivity contribution in [3.63, 3.8) is 0 Å². The van der Waals surface area contributed by atoms with Crippen LogP contribution in [0.25, 0.3) is 0 Å². The standard InChI is InChI=1S/C20H25N3OS/c1-24-19-9-7-16(8-10-19)13-21-20(25)22-18-11-12-23(15-18)14-17-5-3-2-4-6-17/h2-10,18H,11-15H2,1H3,(H2,21,22,25)/t18-/m0/s1. The fourth-order valence-electron chi connectivity index (χ4n) is 3.10. The van der Waals surface area contributed by atoms with Crippen LogP contribution < -0.4 is 15.4 Å². The molecule has 1 saturated heterocycles. The van der Waals surface area contributed by atoms with Crippen molar-refractivity contribution in [3.05, 3.63) is 65.7 Å². The molecular weight excluding hydrogens is 330 g/mol. The van der Waals surface area contributed by atoms with Gasteiger partial charge in [0.1, 0.15) is 5.75 Å². The van der Waals surface area contributed by atoms with E-state index in [4.69, 9.17) is 17.0 Å². The number of hydrogen-bond donors (Lipinski definition) is 2. The number of nitrogens with zero attached hydrogens (tertiary/aromatic N) is 1. The van der Waals surface area contributed by atoms with Crippen LogP contribution in [0.4, 0.5) is 0 Å². The monoisotopic (exact) mass is 355 g/mol. The van der Waals surface area contributed by atoms with Crippen molar-refractivity contribution in [2.75, 3.05) is 20.2 Å². The lowest BCUT2D eigenvalue weighted by atomic mass is 10.2. The summed E-state index contributed by atoms with van der Waals surface area (Å²) < 4.78 is 5.17. The fourth-order valence-corrected chi connectivity index (χ4v) is 3.34. The van der Waals surface area contributed by atoms with E-state index in [0.29, 0.717) is 6.04 Å². The molecule has 2 N–H and O–H groups in total. The first kappa shape index (κ1) is 17.7. The van der Waals surface area contributed by atoms with Gasteiger partial charge < -0.3 is 15.4 Å². The summed E-state index contributed by atoms with van der Waals surface area (Å²) in [4.78, 5) is 2.47. The molecule has 0 spiro atoms. The van der Waals surface area contributed by atoms with E-state index in [1.165, 1.54) is 11.1 Å². The highest BCUT2D eigenvalue weighted by Gasteiger charge is 2.22. The van der Waals surface area contributed by atoms with Crippen molar-refractivity contribution < 1.29 is 4.74 Å². The van der Waals surface area contributed by atoms with Gasteiger partial charge in [0.2, 0.25) is 0 Å². The lowest BCUT2D eigenvalue weighted by molar-refractivity contribution is 0.324. The average molecular weight is 356 g/mol. The lowest BCUT2D eigenvalue weighted by Gasteiger charge is -2.18. The highest BCUT2D eigenvalue weighted by Crippen LogP contribution is 2.14. The molecule has 0 unspecified atom stereocenters. The van der Waals surface area contributed by atoms with Gasteiger partial charge in [-0.2, -0.15) is 0 Å². The van der Waals surface area contributed by atoms with Gasteiger partial charge in [-0.15, -0.1) is 0 Å². The number of hydrogen-bond acceptors (Lipinski definition) is 3. The van der Waals surface area contributed by atoms with Gasteiger partial charge in [0.25, 0.3) is 0 Å². The molecule has 2 aromatic rings. The number of likely N-dealkylation sites (tertiary alicyclic amines) is 1. The van der Waals surface area contributed by atoms with Crippen LogP contribution in [0.3, 0.4) is 0 Å². The minimum absolute atomic E-state index is 0.416. The first-order valence-corrected chi connectivity index (χ1v) is 9.07. The molecule has 1 heterocycles. The van der Waals surface area contributed by atoms with E-state index >= 15 is 0 Å². The maximum atomic E-state index is 5.44. The van der Waals surface area contributed by atoms with Gasteiger partial charge in [0.15, 0.2) is 5.11 Å². The van der Waals surface area contributed by atoms with Crippen molar-refractivity contribution in [1.29, 1.82) is 0 Å². The van der Waals surface area contributed by atoms with Crippen LogP contribution in [0.2, 0.25) is 0 Å². The highest BCUT2D eigenvalue weighted by atomic mass is 32.1. The van der Waals surface area contributed by atoms with Crippen LogP contribution in [0.1, 0.15) is 17.5 Å². The second-order valence-electron chi connectivity index (χ2n) is 6.38. The van der Waals surface area contributed by atoms with E-state index in [9.17, 15) is 0 Å². The molecule has 0 bridgehead atoms. The normalized spacial score (nSPS) is 17.2. The number of ether oxygens (including phenoxy) is 1. The Morgan fingerprint density at radius 1 is 1.12 bits per heavy atom. The molecule has 132 valence electrons. The van der Waals surface area contributed by atoms with Crippen LogP contribution in [-0.4, -0.2) is 36.3 Å². The Morgan fingerprint density at radius 2 is 1.88 bits per heavy atom. The second kappa shape index (κ2) is 8.83. The van der Waals surface area contributed by atoms with Crippen LogP contribution in [0.15, 0.2) is 54.6 Å². The number of methoxy groups -OCH3 is 1. The molecule has 0 saturated carbocycles. The Kier molecular flexibility index (Phi) is 6.25. The van der Waals surface area contributed by atoms with Crippen molar-refractivity contribution >= 4 is 17.3 Å². The molecule has 0 radical (unpaired) electrons. The molecule has 1 atom stereocenters. The largest absolute Gasteiger partial charge is 0.497 e. The zero-order chi connectivity index (χ0) is 17.5. The maximum Gasteiger partial charge on any atom is 0.166 e. The summed E-state index contributed by atoms with van der Waals surface area (Å²) in [5.74, 6) is 0.869. The number of benzene rings is 2. The van der Waals surface area contributed by atoms with Gasteiger partial charge in [-0.1, -0.05) is 42.5 Å². The molecule has 1 fully saturated rings. The summed E-state index contributed by atoms with van der Waals surface area (Å²) in [6.45, 7) is 3.86. The Labute approximate surface area is 155 Å². The van der Waals surface area contributed by atoms with Crippen molar-refractivity contribution in [2.45, 2.75) is 25.6 Å². The molecule has 5 heteroatoms. The van der Waals surface area contributed by atoms with E-state index in [0.717, 1.165) is 43.5 Å². The fraction of sp³-hybridized carbons (Fsp3) is 0.350. The summed E-state index contributed by atoms with van der Waals surface area (Å²) in [5, 5.41) is 7.45. The summed E-state index contributed by atoms with van der Waals surface area (Å²) in [7, 11) is 1.68. The molecule has 0 aromatic heterocycles. The van der Waals surface area contributed by atoms with E-state index in [2.05, 4.69) is 45.9 Å². The highest BCUT2D eigenvalue weighted by molar-refractivity contribution is 7.80. The predicted octanol–water partition coefficient (Wildman–Crippen LogP) is 2.93. The maximum absolute atomic E-state index is 5.44. The third kappa shape index (κ3) is 5.44. The SMILES string of the molecule is COc1ccc(CNC(=S)N[C@H]2CCN(Cc3ccccc3)C2)cc1. The molecule has 0 aliphatic carbocycles. The van der Waals surface area contributed by atoms with E-state index < -0.39 is 0 Å². The smallest absolute Gasteiger partial charge is 0.166 e. The number of rotatable bonds is 6. The molecule has 3 rings (SSSR count). The van der Waals surface area contributed by atoms with Gasteiger partial charge in [-0.05, 0) is 41.9 Å². The van der Waals surface area contributed by atoms with Crippen LogP contribution in [-0.2, 0) is 13.1 Å². The van der Waals surface area contributed by atoms with Crippen LogP contribution >= 0.6 is 12.2 Å². The van der Waals surface area contributed by atoms with Crippen LogP contribution in [0, 0.1) is 0 Å². The summed E-state index contributed by atoms with van der Waals surface area (Å²) in [5.41, 5.74) is 2.55. The molecule has 25 heavy (non-hydrogen) atoms. The minimum Gasteiger partial charge on any atom is -0.497 e. The first-order valence-electron chi connectivity index (χ1n) is 8.66. The lowest BCUT2D eigenvalue weighted by Crippen LogP contribution is -2.42. The third-order valence-electron chi connectivity index (χ3n) is 4.47. The first-order chi connectivity index (χ1) is 12.2. The van der Waals surface area contributed by atoms with Crippen molar-refractivity contribution in [1.82, 2.24) is 15.5 Å². The van der Waals surface area contributed by atoms with Gasteiger partial charge in [-0.25, -0.2) is 0 Å². The summed E-state index contributed by atoms with van der Waals surface area (Å²) in [6, 6.07) is 19.1. The van der Waals surface area contributed by atoms with Gasteiger partial charge >= 0.3 is 0 Å². The van der Waals surface area contributed by atoms with Gasteiger partial charge in [0.05, 0.1) is 7.11 Å².